The number of rotatable bonds is 9. The lowest BCUT2D eigenvalue weighted by atomic mass is 10.1. The third kappa shape index (κ3) is 7.36. The number of hydrogen-bond acceptors (Lipinski definition) is 4. The molecule has 1 heterocycles. The molecule has 1 atom stereocenters. The zero-order valence-corrected chi connectivity index (χ0v) is 17.2. The van der Waals surface area contributed by atoms with Crippen LogP contribution in [0.15, 0.2) is 17.5 Å². The van der Waals surface area contributed by atoms with Crippen molar-refractivity contribution in [3.8, 4) is 0 Å². The third-order valence-electron chi connectivity index (χ3n) is 4.25. The van der Waals surface area contributed by atoms with E-state index in [-0.39, 0.29) is 5.91 Å². The van der Waals surface area contributed by atoms with Crippen molar-refractivity contribution < 1.29 is 14.3 Å². The van der Waals surface area contributed by atoms with Gasteiger partial charge in [0, 0.05) is 11.4 Å². The van der Waals surface area contributed by atoms with Crippen molar-refractivity contribution in [2.75, 3.05) is 6.54 Å². The van der Waals surface area contributed by atoms with Gasteiger partial charge in [0.2, 0.25) is 5.91 Å². The molecule has 0 aromatic carbocycles. The van der Waals surface area contributed by atoms with Gasteiger partial charge in [0.25, 0.3) is 0 Å². The second kappa shape index (κ2) is 9.40. The van der Waals surface area contributed by atoms with Gasteiger partial charge in [-0.15, -0.1) is 11.3 Å². The number of unbranched alkanes of at least 4 members (excludes halogenated alkanes) is 1. The van der Waals surface area contributed by atoms with E-state index in [1.165, 1.54) is 17.7 Å². The number of amides is 2. The molecule has 1 aliphatic carbocycles. The Hall–Kier alpha value is -1.56. The van der Waals surface area contributed by atoms with Gasteiger partial charge in [-0.1, -0.05) is 25.8 Å². The number of hydrogen-bond donors (Lipinski definition) is 1. The van der Waals surface area contributed by atoms with Crippen LogP contribution in [0.4, 0.5) is 4.79 Å². The fourth-order valence-electron chi connectivity index (χ4n) is 2.77. The van der Waals surface area contributed by atoms with E-state index in [4.69, 9.17) is 4.74 Å². The molecule has 0 radical (unpaired) electrons. The Morgan fingerprint density at radius 1 is 1.38 bits per heavy atom. The van der Waals surface area contributed by atoms with E-state index in [9.17, 15) is 9.59 Å². The Bertz CT molecular complexity index is 576. The minimum Gasteiger partial charge on any atom is -0.444 e. The molecule has 0 bridgehead atoms. The highest BCUT2D eigenvalue weighted by Gasteiger charge is 2.32. The largest absolute Gasteiger partial charge is 0.444 e. The summed E-state index contributed by atoms with van der Waals surface area (Å²) in [6, 6.07) is 3.54. The van der Waals surface area contributed by atoms with Gasteiger partial charge in [0.05, 0.1) is 6.54 Å². The molecule has 0 saturated heterocycles. The number of carbonyl (C=O) groups excluding carboxylic acids is 2. The number of nitrogens with one attached hydrogen (secondary N) is 1. The fourth-order valence-corrected chi connectivity index (χ4v) is 3.49. The number of carbonyl (C=O) groups is 2. The number of ether oxygens (including phenoxy) is 1. The van der Waals surface area contributed by atoms with Crippen molar-refractivity contribution in [3.05, 3.63) is 22.4 Å². The van der Waals surface area contributed by atoms with Crippen LogP contribution in [0.3, 0.4) is 0 Å². The average Bonchev–Trinajstić information content (AvgIpc) is 3.21. The summed E-state index contributed by atoms with van der Waals surface area (Å²) < 4.78 is 5.36. The summed E-state index contributed by atoms with van der Waals surface area (Å²) in [5.74, 6) is 0.608. The fraction of sp³-hybridized carbons (Fsp3) is 0.700. The van der Waals surface area contributed by atoms with Gasteiger partial charge in [0.15, 0.2) is 0 Å². The van der Waals surface area contributed by atoms with Crippen molar-refractivity contribution in [2.24, 2.45) is 5.92 Å². The summed E-state index contributed by atoms with van der Waals surface area (Å²) in [5.41, 5.74) is -0.576. The van der Waals surface area contributed by atoms with E-state index in [0.29, 0.717) is 18.9 Å². The molecule has 5 nitrogen and oxygen atoms in total. The first kappa shape index (κ1) is 20.7. The lowest BCUT2D eigenvalue weighted by Crippen LogP contribution is -2.50. The van der Waals surface area contributed by atoms with Crippen LogP contribution in [0.1, 0.15) is 64.7 Å². The van der Waals surface area contributed by atoms with E-state index in [2.05, 4.69) is 18.3 Å². The van der Waals surface area contributed by atoms with Gasteiger partial charge in [-0.3, -0.25) is 4.79 Å². The number of thiophene rings is 1. The Kier molecular flexibility index (Phi) is 7.50. The Labute approximate surface area is 161 Å². The molecule has 146 valence electrons. The van der Waals surface area contributed by atoms with Gasteiger partial charge in [0.1, 0.15) is 11.6 Å². The van der Waals surface area contributed by atoms with Gasteiger partial charge in [-0.05, 0) is 57.4 Å². The van der Waals surface area contributed by atoms with Crippen molar-refractivity contribution in [2.45, 2.75) is 78.0 Å². The maximum atomic E-state index is 13.2. The maximum absolute atomic E-state index is 13.2. The first-order chi connectivity index (χ1) is 12.3. The molecule has 26 heavy (non-hydrogen) atoms. The summed E-state index contributed by atoms with van der Waals surface area (Å²) in [5, 5.41) is 4.84. The zero-order valence-electron chi connectivity index (χ0n) is 16.4. The van der Waals surface area contributed by atoms with Crippen LogP contribution >= 0.6 is 11.3 Å². The Morgan fingerprint density at radius 3 is 2.65 bits per heavy atom. The summed E-state index contributed by atoms with van der Waals surface area (Å²) >= 11 is 1.66. The Balaban J connectivity index is 2.05. The molecule has 1 aliphatic rings. The normalized spacial score (nSPS) is 15.4. The van der Waals surface area contributed by atoms with Gasteiger partial charge in [-0.2, -0.15) is 0 Å². The van der Waals surface area contributed by atoms with Crippen LogP contribution in [0.5, 0.6) is 0 Å². The molecule has 0 unspecified atom stereocenters. The second-order valence-corrected chi connectivity index (χ2v) is 9.11. The molecule has 1 aromatic rings. The molecule has 0 aliphatic heterocycles. The SMILES string of the molecule is CCCC[C@H](NC(=O)OC(C)(C)C)C(=O)N(Cc1cccs1)CC1CC1. The lowest BCUT2D eigenvalue weighted by Gasteiger charge is -2.29. The third-order valence-corrected chi connectivity index (χ3v) is 5.11. The molecule has 6 heteroatoms. The van der Waals surface area contributed by atoms with Crippen molar-refractivity contribution in [1.82, 2.24) is 10.2 Å². The highest BCUT2D eigenvalue weighted by Crippen LogP contribution is 2.31. The minimum atomic E-state index is -0.576. The van der Waals surface area contributed by atoms with Crippen LogP contribution in [-0.4, -0.2) is 35.1 Å². The van der Waals surface area contributed by atoms with Crippen LogP contribution in [0, 0.1) is 5.92 Å². The van der Waals surface area contributed by atoms with E-state index in [1.54, 1.807) is 11.3 Å². The van der Waals surface area contributed by atoms with Crippen LogP contribution < -0.4 is 5.32 Å². The molecule has 1 saturated carbocycles. The average molecular weight is 381 g/mol. The zero-order chi connectivity index (χ0) is 19.2. The maximum Gasteiger partial charge on any atom is 0.408 e. The first-order valence-corrected chi connectivity index (χ1v) is 10.5. The predicted octanol–water partition coefficient (Wildman–Crippen LogP) is 4.57. The highest BCUT2D eigenvalue weighted by atomic mass is 32.1. The van der Waals surface area contributed by atoms with E-state index < -0.39 is 17.7 Å². The summed E-state index contributed by atoms with van der Waals surface area (Å²) in [6.45, 7) is 8.95. The molecular weight excluding hydrogens is 348 g/mol. The molecule has 1 N–H and O–H groups in total. The molecule has 2 amide bonds. The topological polar surface area (TPSA) is 58.6 Å². The van der Waals surface area contributed by atoms with Crippen LogP contribution in [0.25, 0.3) is 0 Å². The summed E-state index contributed by atoms with van der Waals surface area (Å²) in [6.07, 6.45) is 4.37. The van der Waals surface area contributed by atoms with E-state index in [0.717, 1.165) is 19.4 Å². The van der Waals surface area contributed by atoms with Crippen molar-refractivity contribution in [1.29, 1.82) is 0 Å². The number of alkyl carbamates (subject to hydrolysis) is 1. The van der Waals surface area contributed by atoms with Crippen molar-refractivity contribution in [3.63, 3.8) is 0 Å². The summed E-state index contributed by atoms with van der Waals surface area (Å²) in [4.78, 5) is 28.5. The standard InChI is InChI=1S/C20H32N2O3S/c1-5-6-9-17(21-19(24)25-20(2,3)4)18(23)22(13-15-10-11-15)14-16-8-7-12-26-16/h7-8,12,15,17H,5-6,9-11,13-14H2,1-4H3,(H,21,24)/t17-/m0/s1. The second-order valence-electron chi connectivity index (χ2n) is 8.08. The predicted molar refractivity (Wildman–Crippen MR) is 105 cm³/mol. The quantitative estimate of drug-likeness (QED) is 0.683. The summed E-state index contributed by atoms with van der Waals surface area (Å²) in [7, 11) is 0. The van der Waals surface area contributed by atoms with E-state index in [1.807, 2.05) is 37.1 Å². The molecule has 0 spiro atoms. The molecule has 1 fully saturated rings. The molecular formula is C20H32N2O3S. The number of nitrogens with zero attached hydrogens (tertiary/aromatic N) is 1. The van der Waals surface area contributed by atoms with Gasteiger partial charge < -0.3 is 15.0 Å². The molecule has 1 aromatic heterocycles. The smallest absolute Gasteiger partial charge is 0.408 e. The minimum absolute atomic E-state index is 0.00427. The molecule has 2 rings (SSSR count). The van der Waals surface area contributed by atoms with Crippen molar-refractivity contribution >= 4 is 23.3 Å². The Morgan fingerprint density at radius 2 is 2.12 bits per heavy atom. The monoisotopic (exact) mass is 380 g/mol. The van der Waals surface area contributed by atoms with Gasteiger partial charge >= 0.3 is 6.09 Å². The van der Waals surface area contributed by atoms with Crippen LogP contribution in [0.2, 0.25) is 0 Å². The lowest BCUT2D eigenvalue weighted by molar-refractivity contribution is -0.134. The highest BCUT2D eigenvalue weighted by molar-refractivity contribution is 7.09. The van der Waals surface area contributed by atoms with E-state index >= 15 is 0 Å². The first-order valence-electron chi connectivity index (χ1n) is 9.59. The van der Waals surface area contributed by atoms with Crippen LogP contribution in [-0.2, 0) is 16.1 Å². The van der Waals surface area contributed by atoms with Gasteiger partial charge in [-0.25, -0.2) is 4.79 Å².